The van der Waals surface area contributed by atoms with Crippen molar-refractivity contribution < 1.29 is 17.6 Å². The molecule has 0 saturated heterocycles. The monoisotopic (exact) mass is 256 g/mol. The molecule has 0 radical (unpaired) electrons. The largest absolute Gasteiger partial charge is 0.326 e. The highest BCUT2D eigenvalue weighted by Crippen LogP contribution is 2.35. The van der Waals surface area contributed by atoms with E-state index in [9.17, 15) is 17.6 Å². The van der Waals surface area contributed by atoms with E-state index in [4.69, 9.17) is 0 Å². The number of benzene rings is 1. The summed E-state index contributed by atoms with van der Waals surface area (Å²) in [5.41, 5.74) is -0.600. The maximum atomic E-state index is 12.5. The van der Waals surface area contributed by atoms with Gasteiger partial charge in [0.25, 0.3) is 6.43 Å². The van der Waals surface area contributed by atoms with E-state index >= 15 is 0 Å². The molecular formula is C8H5BrF4. The third-order valence-electron chi connectivity index (χ3n) is 1.49. The van der Waals surface area contributed by atoms with Gasteiger partial charge < -0.3 is 0 Å². The Hall–Kier alpha value is -0.580. The summed E-state index contributed by atoms with van der Waals surface area (Å²) in [6.45, 7) is 0. The van der Waals surface area contributed by atoms with Crippen molar-refractivity contribution in [1.82, 2.24) is 0 Å². The van der Waals surface area contributed by atoms with Crippen molar-refractivity contribution in [2.75, 3.05) is 0 Å². The lowest BCUT2D eigenvalue weighted by Crippen LogP contribution is -2.02. The molecule has 0 aliphatic rings. The number of alkyl halides is 5. The standard InChI is InChI=1S/C8H5BrF4/c9-8(12,13)6-3-1-5(2-4-6)7(10)11/h1-4,7H. The zero-order valence-corrected chi connectivity index (χ0v) is 7.86. The summed E-state index contributed by atoms with van der Waals surface area (Å²) >= 11 is 2.13. The van der Waals surface area contributed by atoms with Crippen LogP contribution < -0.4 is 0 Å². The van der Waals surface area contributed by atoms with Crippen LogP contribution in [0.3, 0.4) is 0 Å². The molecule has 0 nitrogen and oxygen atoms in total. The lowest BCUT2D eigenvalue weighted by Gasteiger charge is -2.08. The second-order valence-electron chi connectivity index (χ2n) is 2.42. The SMILES string of the molecule is FC(F)c1ccc(C(F)(F)Br)cc1. The van der Waals surface area contributed by atoms with Gasteiger partial charge in [-0.05, 0) is 15.9 Å². The van der Waals surface area contributed by atoms with Gasteiger partial charge in [0, 0.05) is 11.1 Å². The van der Waals surface area contributed by atoms with E-state index in [1.54, 1.807) is 0 Å². The van der Waals surface area contributed by atoms with E-state index < -0.39 is 11.3 Å². The Bertz CT molecular complexity index is 275. The molecule has 13 heavy (non-hydrogen) atoms. The number of hydrogen-bond donors (Lipinski definition) is 0. The Balaban J connectivity index is 2.94. The highest BCUT2D eigenvalue weighted by Gasteiger charge is 2.26. The highest BCUT2D eigenvalue weighted by molar-refractivity contribution is 9.09. The molecule has 0 heterocycles. The quantitative estimate of drug-likeness (QED) is 0.553. The van der Waals surface area contributed by atoms with E-state index in [1.807, 2.05) is 0 Å². The maximum Gasteiger partial charge on any atom is 0.326 e. The number of rotatable bonds is 2. The van der Waals surface area contributed by atoms with Crippen molar-refractivity contribution in [1.29, 1.82) is 0 Å². The second kappa shape index (κ2) is 3.65. The van der Waals surface area contributed by atoms with Crippen molar-refractivity contribution in [3.63, 3.8) is 0 Å². The lowest BCUT2D eigenvalue weighted by molar-refractivity contribution is 0.114. The fourth-order valence-corrected chi connectivity index (χ4v) is 1.08. The van der Waals surface area contributed by atoms with Crippen LogP contribution in [0.1, 0.15) is 17.6 Å². The van der Waals surface area contributed by atoms with Gasteiger partial charge in [0.05, 0.1) is 0 Å². The Morgan fingerprint density at radius 1 is 1.08 bits per heavy atom. The minimum atomic E-state index is -3.16. The minimum Gasteiger partial charge on any atom is -0.205 e. The molecule has 0 fully saturated rings. The molecular weight excluding hydrogens is 252 g/mol. The van der Waals surface area contributed by atoms with Crippen LogP contribution in [-0.2, 0) is 4.83 Å². The number of hydrogen-bond acceptors (Lipinski definition) is 0. The molecule has 0 atom stereocenters. The molecule has 5 heteroatoms. The summed E-state index contributed by atoms with van der Waals surface area (Å²) in [5.74, 6) is 0. The summed E-state index contributed by atoms with van der Waals surface area (Å²) in [4.78, 5) is -3.16. The van der Waals surface area contributed by atoms with Gasteiger partial charge in [-0.1, -0.05) is 24.3 Å². The van der Waals surface area contributed by atoms with Crippen LogP contribution >= 0.6 is 15.9 Å². The Morgan fingerprint density at radius 2 is 1.54 bits per heavy atom. The van der Waals surface area contributed by atoms with E-state index in [1.165, 1.54) is 0 Å². The molecule has 0 aromatic heterocycles. The molecule has 0 aliphatic heterocycles. The Kier molecular flexibility index (Phi) is 2.95. The van der Waals surface area contributed by atoms with Crippen LogP contribution in [0.2, 0.25) is 0 Å². The zero-order valence-electron chi connectivity index (χ0n) is 6.28. The van der Waals surface area contributed by atoms with Gasteiger partial charge >= 0.3 is 4.83 Å². The van der Waals surface area contributed by atoms with Crippen LogP contribution in [0.4, 0.5) is 17.6 Å². The third kappa shape index (κ3) is 2.69. The molecule has 0 bridgehead atoms. The molecule has 0 amide bonds. The lowest BCUT2D eigenvalue weighted by atomic mass is 10.1. The van der Waals surface area contributed by atoms with Gasteiger partial charge in [0.15, 0.2) is 0 Å². The molecule has 72 valence electrons. The van der Waals surface area contributed by atoms with Gasteiger partial charge in [-0.25, -0.2) is 8.78 Å². The molecule has 0 unspecified atom stereocenters. The molecule has 0 aliphatic carbocycles. The van der Waals surface area contributed by atoms with Crippen molar-refractivity contribution >= 4 is 15.9 Å². The predicted molar refractivity (Wildman–Crippen MR) is 44.2 cm³/mol. The minimum absolute atomic E-state index is 0.263. The summed E-state index contributed by atoms with van der Waals surface area (Å²) in [6, 6.07) is 3.90. The van der Waals surface area contributed by atoms with Crippen LogP contribution in [0.25, 0.3) is 0 Å². The Labute approximate surface area is 80.7 Å². The van der Waals surface area contributed by atoms with Gasteiger partial charge in [0.2, 0.25) is 0 Å². The van der Waals surface area contributed by atoms with Gasteiger partial charge in [-0.15, -0.1) is 0 Å². The molecule has 1 rings (SSSR count). The normalized spacial score (nSPS) is 12.2. The average Bonchev–Trinajstić information content (AvgIpc) is 2.03. The summed E-state index contributed by atoms with van der Waals surface area (Å²) in [6.07, 6.45) is -2.63. The zero-order chi connectivity index (χ0) is 10.1. The van der Waals surface area contributed by atoms with Crippen LogP contribution in [0.5, 0.6) is 0 Å². The van der Waals surface area contributed by atoms with Crippen molar-refractivity contribution in [3.05, 3.63) is 35.4 Å². The summed E-state index contributed by atoms with van der Waals surface area (Å²) < 4.78 is 49.0. The molecule has 1 aromatic rings. The van der Waals surface area contributed by atoms with Crippen LogP contribution in [0.15, 0.2) is 24.3 Å². The predicted octanol–water partition coefficient (Wildman–Crippen LogP) is 4.07. The fourth-order valence-electron chi connectivity index (χ4n) is 0.818. The van der Waals surface area contributed by atoms with Crippen molar-refractivity contribution in [3.8, 4) is 0 Å². The summed E-state index contributed by atoms with van der Waals surface area (Å²) in [5, 5.41) is 0. The first-order valence-corrected chi connectivity index (χ1v) is 4.16. The van der Waals surface area contributed by atoms with E-state index in [0.717, 1.165) is 24.3 Å². The van der Waals surface area contributed by atoms with Crippen molar-refractivity contribution in [2.45, 2.75) is 11.3 Å². The maximum absolute atomic E-state index is 12.5. The topological polar surface area (TPSA) is 0 Å². The van der Waals surface area contributed by atoms with Gasteiger partial charge in [-0.3, -0.25) is 0 Å². The second-order valence-corrected chi connectivity index (χ2v) is 3.42. The first-order valence-electron chi connectivity index (χ1n) is 3.36. The smallest absolute Gasteiger partial charge is 0.205 e. The number of halogens is 5. The van der Waals surface area contributed by atoms with E-state index in [0.29, 0.717) is 0 Å². The van der Waals surface area contributed by atoms with Crippen LogP contribution in [-0.4, -0.2) is 0 Å². The van der Waals surface area contributed by atoms with Gasteiger partial charge in [-0.2, -0.15) is 8.78 Å². The average molecular weight is 257 g/mol. The van der Waals surface area contributed by atoms with Crippen LogP contribution in [0, 0.1) is 0 Å². The molecule has 1 aromatic carbocycles. The third-order valence-corrected chi connectivity index (χ3v) is 1.95. The van der Waals surface area contributed by atoms with Crippen molar-refractivity contribution in [2.24, 2.45) is 0 Å². The summed E-state index contributed by atoms with van der Waals surface area (Å²) in [7, 11) is 0. The molecule has 0 saturated carbocycles. The Morgan fingerprint density at radius 3 is 1.85 bits per heavy atom. The highest BCUT2D eigenvalue weighted by atomic mass is 79.9. The molecule has 0 N–H and O–H groups in total. The first-order chi connectivity index (χ1) is 5.91. The molecule has 0 spiro atoms. The fraction of sp³-hybridized carbons (Fsp3) is 0.250. The van der Waals surface area contributed by atoms with E-state index in [-0.39, 0.29) is 11.1 Å². The first kappa shape index (κ1) is 10.5. The van der Waals surface area contributed by atoms with Gasteiger partial charge in [0.1, 0.15) is 0 Å². The van der Waals surface area contributed by atoms with E-state index in [2.05, 4.69) is 15.9 Å².